The third-order valence-electron chi connectivity index (χ3n) is 4.35. The summed E-state index contributed by atoms with van der Waals surface area (Å²) in [4.78, 5) is 16.8. The van der Waals surface area contributed by atoms with Gasteiger partial charge in [-0.2, -0.15) is 0 Å². The summed E-state index contributed by atoms with van der Waals surface area (Å²) in [6.07, 6.45) is 0. The Kier molecular flexibility index (Phi) is 6.66. The largest absolute Gasteiger partial charge is 0.486 e. The third-order valence-corrected chi connectivity index (χ3v) is 6.05. The maximum absolute atomic E-state index is 13.0. The number of thiazole rings is 1. The number of carbonyl (C=O) groups excluding carboxylic acids is 1. The summed E-state index contributed by atoms with van der Waals surface area (Å²) >= 11 is 2.51. The van der Waals surface area contributed by atoms with Crippen LogP contribution in [0, 0.1) is 12.7 Å². The molecule has 0 saturated heterocycles. The van der Waals surface area contributed by atoms with E-state index in [1.807, 2.05) is 36.6 Å². The van der Waals surface area contributed by atoms with E-state index in [0.717, 1.165) is 23.0 Å². The van der Waals surface area contributed by atoms with Gasteiger partial charge in [0.05, 0.1) is 11.4 Å². The van der Waals surface area contributed by atoms with Gasteiger partial charge in [0.1, 0.15) is 18.2 Å². The topological polar surface area (TPSA) is 108 Å². The second-order valence-corrected chi connectivity index (χ2v) is 8.55. The van der Waals surface area contributed by atoms with Crippen LogP contribution in [-0.4, -0.2) is 31.5 Å². The van der Waals surface area contributed by atoms with E-state index >= 15 is 0 Å². The van der Waals surface area contributed by atoms with Gasteiger partial charge in [0, 0.05) is 10.9 Å². The van der Waals surface area contributed by atoms with E-state index in [0.29, 0.717) is 21.9 Å². The number of benzene rings is 2. The molecule has 164 valence electrons. The number of nitrogens with zero attached hydrogens (tertiary/aromatic N) is 4. The number of nitrogens with one attached hydrogen (secondary N) is 1. The van der Waals surface area contributed by atoms with Crippen molar-refractivity contribution in [3.63, 3.8) is 0 Å². The van der Waals surface area contributed by atoms with Crippen molar-refractivity contribution in [3.05, 3.63) is 71.1 Å². The predicted octanol–water partition coefficient (Wildman–Crippen LogP) is 3.87. The van der Waals surface area contributed by atoms with Crippen molar-refractivity contribution in [2.75, 3.05) is 16.9 Å². The minimum absolute atomic E-state index is 0.0583. The maximum atomic E-state index is 13.0. The molecule has 4 rings (SSSR count). The van der Waals surface area contributed by atoms with Crippen molar-refractivity contribution in [1.82, 2.24) is 19.9 Å². The lowest BCUT2D eigenvalue weighted by Gasteiger charge is -2.06. The number of hydrogen-bond donors (Lipinski definition) is 2. The van der Waals surface area contributed by atoms with Crippen LogP contribution < -0.4 is 15.9 Å². The van der Waals surface area contributed by atoms with Gasteiger partial charge < -0.3 is 15.9 Å². The lowest BCUT2D eigenvalue weighted by molar-refractivity contribution is -0.113. The van der Waals surface area contributed by atoms with E-state index in [4.69, 9.17) is 10.6 Å². The number of ether oxygens (including phenoxy) is 1. The molecule has 2 aromatic heterocycles. The van der Waals surface area contributed by atoms with Gasteiger partial charge in [0.25, 0.3) is 0 Å². The molecule has 2 aromatic carbocycles. The van der Waals surface area contributed by atoms with E-state index in [9.17, 15) is 9.18 Å². The Hall–Kier alpha value is -3.44. The first-order valence-electron chi connectivity index (χ1n) is 9.51. The monoisotopic (exact) mass is 470 g/mol. The van der Waals surface area contributed by atoms with Crippen LogP contribution in [0.2, 0.25) is 0 Å². The molecule has 2 heterocycles. The summed E-state index contributed by atoms with van der Waals surface area (Å²) in [6, 6.07) is 13.7. The maximum Gasteiger partial charge on any atom is 0.236 e. The molecule has 8 nitrogen and oxygen atoms in total. The summed E-state index contributed by atoms with van der Waals surface area (Å²) in [5.41, 5.74) is 2.98. The molecule has 0 fully saturated rings. The van der Waals surface area contributed by atoms with Gasteiger partial charge in [-0.05, 0) is 31.2 Å². The molecule has 0 radical (unpaired) electrons. The molecule has 0 atom stereocenters. The van der Waals surface area contributed by atoms with Gasteiger partial charge in [-0.3, -0.25) is 4.79 Å². The number of carbonyl (C=O) groups is 1. The number of hydrogen-bond acceptors (Lipinski definition) is 8. The average molecular weight is 471 g/mol. The van der Waals surface area contributed by atoms with E-state index < -0.39 is 0 Å². The first-order chi connectivity index (χ1) is 15.5. The van der Waals surface area contributed by atoms with Crippen LogP contribution in [0.25, 0.3) is 11.3 Å². The fourth-order valence-corrected chi connectivity index (χ4v) is 4.07. The van der Waals surface area contributed by atoms with Gasteiger partial charge in [0.15, 0.2) is 11.0 Å². The first kappa shape index (κ1) is 21.8. The van der Waals surface area contributed by atoms with Crippen molar-refractivity contribution in [2.24, 2.45) is 0 Å². The molecule has 4 aromatic rings. The van der Waals surface area contributed by atoms with Crippen molar-refractivity contribution >= 4 is 34.1 Å². The molecule has 0 saturated carbocycles. The van der Waals surface area contributed by atoms with Crippen LogP contribution in [0.5, 0.6) is 5.75 Å². The van der Waals surface area contributed by atoms with Gasteiger partial charge >= 0.3 is 0 Å². The molecule has 0 aliphatic carbocycles. The molecule has 11 heteroatoms. The van der Waals surface area contributed by atoms with Crippen molar-refractivity contribution in [1.29, 1.82) is 0 Å². The quantitative estimate of drug-likeness (QED) is 0.297. The minimum Gasteiger partial charge on any atom is -0.486 e. The van der Waals surface area contributed by atoms with E-state index in [1.54, 1.807) is 0 Å². The number of nitrogens with two attached hydrogens (primary N) is 1. The van der Waals surface area contributed by atoms with E-state index in [2.05, 4.69) is 20.5 Å². The van der Waals surface area contributed by atoms with E-state index in [1.165, 1.54) is 45.8 Å². The highest BCUT2D eigenvalue weighted by molar-refractivity contribution is 7.99. The first-order valence-corrected chi connectivity index (χ1v) is 11.4. The Labute approximate surface area is 191 Å². The Balaban J connectivity index is 1.29. The summed E-state index contributed by atoms with van der Waals surface area (Å²) in [5, 5.41) is 13.5. The molecule has 0 aliphatic heterocycles. The van der Waals surface area contributed by atoms with Crippen LogP contribution in [-0.2, 0) is 11.4 Å². The smallest absolute Gasteiger partial charge is 0.236 e. The van der Waals surface area contributed by atoms with Gasteiger partial charge in [0.2, 0.25) is 11.1 Å². The molecule has 0 unspecified atom stereocenters. The minimum atomic E-state index is -0.347. The zero-order valence-electron chi connectivity index (χ0n) is 17.0. The van der Waals surface area contributed by atoms with Crippen LogP contribution in [0.15, 0.2) is 59.1 Å². The van der Waals surface area contributed by atoms with Crippen molar-refractivity contribution in [3.8, 4) is 17.0 Å². The molecule has 0 aliphatic rings. The second-order valence-electron chi connectivity index (χ2n) is 6.75. The second kappa shape index (κ2) is 9.79. The zero-order valence-corrected chi connectivity index (χ0v) is 18.6. The molecule has 32 heavy (non-hydrogen) atoms. The Bertz CT molecular complexity index is 1210. The Morgan fingerprint density at radius 3 is 2.69 bits per heavy atom. The van der Waals surface area contributed by atoms with Crippen LogP contribution in [0.1, 0.15) is 11.4 Å². The third kappa shape index (κ3) is 5.42. The summed E-state index contributed by atoms with van der Waals surface area (Å²) in [6.45, 7) is 2.08. The summed E-state index contributed by atoms with van der Waals surface area (Å²) in [5.74, 6) is 6.37. The lowest BCUT2D eigenvalue weighted by Crippen LogP contribution is -2.18. The molecule has 0 spiro atoms. The summed E-state index contributed by atoms with van der Waals surface area (Å²) < 4.78 is 19.7. The Morgan fingerprint density at radius 1 is 1.19 bits per heavy atom. The standard InChI is InChI=1S/C21H19FN6O2S2/c1-13-2-4-14(5-3-13)17-11-31-20(24-17)25-19(29)12-32-21-27-26-18(28(21)23)10-30-16-8-6-15(22)7-9-16/h2-9,11H,10,12,23H2,1H3,(H,24,25,29). The van der Waals surface area contributed by atoms with Gasteiger partial charge in [-0.15, -0.1) is 21.5 Å². The zero-order chi connectivity index (χ0) is 22.5. The molecule has 3 N–H and O–H groups in total. The number of aryl methyl sites for hydroxylation is 1. The van der Waals surface area contributed by atoms with Gasteiger partial charge in [-0.25, -0.2) is 14.1 Å². The molecule has 0 bridgehead atoms. The predicted molar refractivity (Wildman–Crippen MR) is 123 cm³/mol. The van der Waals surface area contributed by atoms with Crippen LogP contribution >= 0.6 is 23.1 Å². The highest BCUT2D eigenvalue weighted by Crippen LogP contribution is 2.25. The van der Waals surface area contributed by atoms with Crippen molar-refractivity contribution in [2.45, 2.75) is 18.7 Å². The highest BCUT2D eigenvalue weighted by atomic mass is 32.2. The fraction of sp³-hybridized carbons (Fsp3) is 0.143. The molecule has 1 amide bonds. The number of thioether (sulfide) groups is 1. The molecular weight excluding hydrogens is 451 g/mol. The van der Waals surface area contributed by atoms with Crippen molar-refractivity contribution < 1.29 is 13.9 Å². The van der Waals surface area contributed by atoms with Crippen LogP contribution in [0.4, 0.5) is 9.52 Å². The van der Waals surface area contributed by atoms with Crippen LogP contribution in [0.3, 0.4) is 0 Å². The number of halogens is 1. The normalized spacial score (nSPS) is 10.8. The number of rotatable bonds is 8. The van der Waals surface area contributed by atoms with Gasteiger partial charge in [-0.1, -0.05) is 41.6 Å². The summed E-state index contributed by atoms with van der Waals surface area (Å²) in [7, 11) is 0. The number of amides is 1. The number of aromatic nitrogens is 4. The number of anilines is 1. The Morgan fingerprint density at radius 2 is 1.94 bits per heavy atom. The number of nitrogen functional groups attached to an aromatic ring is 1. The lowest BCUT2D eigenvalue weighted by atomic mass is 10.1. The average Bonchev–Trinajstić information content (AvgIpc) is 3.39. The fourth-order valence-electron chi connectivity index (χ4n) is 2.66. The molecular formula is C21H19FN6O2S2. The highest BCUT2D eigenvalue weighted by Gasteiger charge is 2.14. The van der Waals surface area contributed by atoms with E-state index in [-0.39, 0.29) is 24.1 Å². The SMILES string of the molecule is Cc1ccc(-c2csc(NC(=O)CSc3nnc(COc4ccc(F)cc4)n3N)n2)cc1.